The molecule has 82 heavy (non-hydrogen) atoms. The summed E-state index contributed by atoms with van der Waals surface area (Å²) in [5, 5.41) is 5.03. The molecule has 1 aliphatic carbocycles. The maximum Gasteiger partial charge on any atom is 0.0754 e. The Labute approximate surface area is 476 Å². The molecule has 15 aromatic rings. The lowest BCUT2D eigenvalue weighted by Gasteiger charge is -2.39. The van der Waals surface area contributed by atoms with Crippen LogP contribution in [0.2, 0.25) is 0 Å². The second-order valence-corrected chi connectivity index (χ2v) is 21.9. The SMILES string of the molecule is c1ccc(-c2cccc(-c3ccccc3N(c3ccc(-c4ccc5c(c4)c4ccccc4n5-c4ccccc4)cc3)c3ccccc3-c3ccc4c(c3)C3(c5ccccc5-4)c4ccccc4-n4c5ccccc5c5cccc3c54)c2)cc1. The van der Waals surface area contributed by atoms with Gasteiger partial charge in [0.2, 0.25) is 0 Å². The van der Waals surface area contributed by atoms with Gasteiger partial charge in [0.05, 0.1) is 44.5 Å². The second-order valence-electron chi connectivity index (χ2n) is 21.9. The molecule has 3 heterocycles. The van der Waals surface area contributed by atoms with E-state index >= 15 is 0 Å². The van der Waals surface area contributed by atoms with Crippen molar-refractivity contribution in [2.75, 3.05) is 4.90 Å². The highest BCUT2D eigenvalue weighted by Crippen LogP contribution is 2.62. The zero-order chi connectivity index (χ0) is 53.9. The molecule has 13 aromatic carbocycles. The molecule has 0 amide bonds. The van der Waals surface area contributed by atoms with Crippen LogP contribution in [0, 0.1) is 0 Å². The van der Waals surface area contributed by atoms with Crippen molar-refractivity contribution in [1.82, 2.24) is 9.13 Å². The van der Waals surface area contributed by atoms with Crippen molar-refractivity contribution >= 4 is 60.7 Å². The monoisotopic (exact) mass is 1040 g/mol. The van der Waals surface area contributed by atoms with Crippen LogP contribution >= 0.6 is 0 Å². The maximum absolute atomic E-state index is 2.53. The summed E-state index contributed by atoms with van der Waals surface area (Å²) in [6, 6.07) is 115. The van der Waals surface area contributed by atoms with Gasteiger partial charge in [0, 0.05) is 44.0 Å². The normalized spacial score (nSPS) is 13.9. The van der Waals surface area contributed by atoms with Crippen molar-refractivity contribution in [2.45, 2.75) is 5.41 Å². The lowest BCUT2D eigenvalue weighted by Crippen LogP contribution is -2.33. The minimum absolute atomic E-state index is 0.581. The Balaban J connectivity index is 0.862. The molecule has 0 N–H and O–H groups in total. The third kappa shape index (κ3) is 6.71. The van der Waals surface area contributed by atoms with Gasteiger partial charge in [-0.2, -0.15) is 0 Å². The number of benzene rings is 13. The predicted molar refractivity (Wildman–Crippen MR) is 342 cm³/mol. The quantitative estimate of drug-likeness (QED) is 0.148. The number of hydrogen-bond donors (Lipinski definition) is 0. The Kier molecular flexibility index (Phi) is 10.2. The number of fused-ring (bicyclic) bond motifs is 15. The fraction of sp³-hybridized carbons (Fsp3) is 0.0127. The Morgan fingerprint density at radius 3 is 1.51 bits per heavy atom. The van der Waals surface area contributed by atoms with E-state index < -0.39 is 5.41 Å². The first-order valence-electron chi connectivity index (χ1n) is 28.4. The number of anilines is 3. The first-order valence-corrected chi connectivity index (χ1v) is 28.4. The van der Waals surface area contributed by atoms with E-state index in [4.69, 9.17) is 0 Å². The number of rotatable bonds is 8. The number of nitrogens with zero attached hydrogens (tertiary/aromatic N) is 3. The van der Waals surface area contributed by atoms with Gasteiger partial charge in [-0.3, -0.25) is 0 Å². The van der Waals surface area contributed by atoms with E-state index in [1.165, 1.54) is 99.4 Å². The number of hydrogen-bond acceptors (Lipinski definition) is 1. The molecular weight excluding hydrogens is 991 g/mol. The standard InChI is InChI=1S/C79H51N3/c1-3-21-52(22-4-1)54-23-19-24-56(49-54)60-27-8-14-36-72(60)81(59-45-41-53(42-46-59)55-44-48-76-67(50-55)65-31-11-16-38-74(65)80(76)58-25-5-2-6-26-58)73-37-15-9-28-61(73)57-43-47-63-62-29-7-12-33-68(62)79(71(63)51-57)69-34-13-18-40-77(69)82-75-39-17-10-30-64(75)66-32-20-35-70(79)78(66)82/h1-51H. The van der Waals surface area contributed by atoms with Crippen LogP contribution in [0.1, 0.15) is 22.3 Å². The number of aromatic nitrogens is 2. The van der Waals surface area contributed by atoms with Gasteiger partial charge in [0.25, 0.3) is 0 Å². The molecule has 2 aromatic heterocycles. The molecule has 382 valence electrons. The highest BCUT2D eigenvalue weighted by Gasteiger charge is 2.51. The van der Waals surface area contributed by atoms with Gasteiger partial charge in [-0.15, -0.1) is 0 Å². The van der Waals surface area contributed by atoms with Crippen molar-refractivity contribution < 1.29 is 0 Å². The topological polar surface area (TPSA) is 13.1 Å². The molecule has 0 saturated heterocycles. The van der Waals surface area contributed by atoms with Gasteiger partial charge in [-0.25, -0.2) is 0 Å². The molecule has 17 rings (SSSR count). The molecule has 1 aliphatic heterocycles. The summed E-state index contributed by atoms with van der Waals surface area (Å²) in [6.45, 7) is 0. The molecule has 0 radical (unpaired) electrons. The molecule has 1 spiro atoms. The molecule has 0 bridgehead atoms. The zero-order valence-electron chi connectivity index (χ0n) is 44.8. The molecule has 1 unspecified atom stereocenters. The summed E-state index contributed by atoms with van der Waals surface area (Å²) in [6.07, 6.45) is 0. The molecule has 3 nitrogen and oxygen atoms in total. The van der Waals surface area contributed by atoms with Gasteiger partial charge in [0.15, 0.2) is 0 Å². The Morgan fingerprint density at radius 2 is 0.744 bits per heavy atom. The second kappa shape index (κ2) is 18.2. The van der Waals surface area contributed by atoms with Crippen LogP contribution in [0.3, 0.4) is 0 Å². The summed E-state index contributed by atoms with van der Waals surface area (Å²) in [7, 11) is 0. The molecule has 0 fully saturated rings. The third-order valence-corrected chi connectivity index (χ3v) is 17.7. The van der Waals surface area contributed by atoms with Crippen LogP contribution in [-0.4, -0.2) is 9.13 Å². The van der Waals surface area contributed by atoms with Crippen LogP contribution in [0.4, 0.5) is 17.1 Å². The van der Waals surface area contributed by atoms with E-state index in [0.717, 1.165) is 50.6 Å². The van der Waals surface area contributed by atoms with Crippen molar-refractivity contribution in [1.29, 1.82) is 0 Å². The van der Waals surface area contributed by atoms with Gasteiger partial charge in [0.1, 0.15) is 0 Å². The number of para-hydroxylation sites is 7. The average molecular weight is 1040 g/mol. The van der Waals surface area contributed by atoms with E-state index in [0.29, 0.717) is 0 Å². The van der Waals surface area contributed by atoms with E-state index in [2.05, 4.69) is 323 Å². The predicted octanol–water partition coefficient (Wildman–Crippen LogP) is 20.7. The zero-order valence-corrected chi connectivity index (χ0v) is 44.8. The van der Waals surface area contributed by atoms with Gasteiger partial charge >= 0.3 is 0 Å². The molecule has 0 saturated carbocycles. The molecular formula is C79H51N3. The van der Waals surface area contributed by atoms with Crippen LogP contribution in [-0.2, 0) is 5.41 Å². The lowest BCUT2D eigenvalue weighted by atomic mass is 9.65. The highest BCUT2D eigenvalue weighted by molar-refractivity contribution is 6.13. The van der Waals surface area contributed by atoms with Crippen LogP contribution in [0.5, 0.6) is 0 Å². The Hall–Kier alpha value is -10.7. The summed E-state index contributed by atoms with van der Waals surface area (Å²) < 4.78 is 4.91. The minimum atomic E-state index is -0.581. The van der Waals surface area contributed by atoms with Crippen LogP contribution in [0.25, 0.3) is 111 Å². The summed E-state index contributed by atoms with van der Waals surface area (Å²) >= 11 is 0. The summed E-state index contributed by atoms with van der Waals surface area (Å²) in [5.41, 5.74) is 27.0. The Bertz CT molecular complexity index is 5040. The lowest BCUT2D eigenvalue weighted by molar-refractivity contribution is 0.749. The Morgan fingerprint density at radius 1 is 0.256 bits per heavy atom. The summed E-state index contributed by atoms with van der Waals surface area (Å²) in [5.74, 6) is 0. The van der Waals surface area contributed by atoms with Crippen molar-refractivity contribution in [2.24, 2.45) is 0 Å². The maximum atomic E-state index is 2.53. The summed E-state index contributed by atoms with van der Waals surface area (Å²) in [4.78, 5) is 2.49. The van der Waals surface area contributed by atoms with Crippen LogP contribution in [0.15, 0.2) is 309 Å². The van der Waals surface area contributed by atoms with E-state index in [1.807, 2.05) is 0 Å². The third-order valence-electron chi connectivity index (χ3n) is 17.7. The van der Waals surface area contributed by atoms with E-state index in [1.54, 1.807) is 0 Å². The van der Waals surface area contributed by atoms with Crippen LogP contribution < -0.4 is 4.90 Å². The van der Waals surface area contributed by atoms with Gasteiger partial charge in [-0.1, -0.05) is 231 Å². The largest absolute Gasteiger partial charge is 0.309 e. The molecule has 2 aliphatic rings. The average Bonchev–Trinajstić information content (AvgIpc) is 1.70. The van der Waals surface area contributed by atoms with Gasteiger partial charge in [-0.05, 0) is 146 Å². The van der Waals surface area contributed by atoms with E-state index in [-0.39, 0.29) is 0 Å². The fourth-order valence-electron chi connectivity index (χ4n) is 14.3. The smallest absolute Gasteiger partial charge is 0.0754 e. The minimum Gasteiger partial charge on any atom is -0.309 e. The van der Waals surface area contributed by atoms with E-state index in [9.17, 15) is 0 Å². The van der Waals surface area contributed by atoms with Crippen molar-refractivity contribution in [3.63, 3.8) is 0 Å². The van der Waals surface area contributed by atoms with Crippen molar-refractivity contribution in [3.8, 4) is 67.0 Å². The van der Waals surface area contributed by atoms with Crippen molar-refractivity contribution in [3.05, 3.63) is 332 Å². The first-order chi connectivity index (χ1) is 40.7. The first kappa shape index (κ1) is 46.2. The highest BCUT2D eigenvalue weighted by atomic mass is 15.1. The fourth-order valence-corrected chi connectivity index (χ4v) is 14.3. The molecule has 1 atom stereocenters. The molecule has 3 heteroatoms. The van der Waals surface area contributed by atoms with Gasteiger partial charge < -0.3 is 14.0 Å².